The number of nitrogens with one attached hydrogen (secondary N) is 2. The zero-order valence-electron chi connectivity index (χ0n) is 20.7. The zero-order valence-corrected chi connectivity index (χ0v) is 21.5. The van der Waals surface area contributed by atoms with Gasteiger partial charge in [0.15, 0.2) is 0 Å². The fourth-order valence-corrected chi connectivity index (χ4v) is 5.89. The number of amides is 2. The van der Waals surface area contributed by atoms with Crippen molar-refractivity contribution in [2.45, 2.75) is 50.7 Å². The number of likely N-dealkylation sites (tertiary alicyclic amines) is 1. The van der Waals surface area contributed by atoms with Gasteiger partial charge in [0.2, 0.25) is 10.0 Å². The van der Waals surface area contributed by atoms with Crippen molar-refractivity contribution in [2.75, 3.05) is 18.4 Å². The van der Waals surface area contributed by atoms with Gasteiger partial charge in [0.1, 0.15) is 0 Å². The first-order chi connectivity index (χ1) is 17.2. The number of ether oxygens (including phenoxy) is 1. The van der Waals surface area contributed by atoms with E-state index in [1.165, 1.54) is 6.07 Å². The van der Waals surface area contributed by atoms with Gasteiger partial charge in [0, 0.05) is 41.2 Å². The lowest BCUT2D eigenvalue weighted by atomic mass is 10.1. The van der Waals surface area contributed by atoms with Gasteiger partial charge < -0.3 is 15.0 Å². The quantitative estimate of drug-likeness (QED) is 0.502. The number of aryl methyl sites for hydroxylation is 1. The van der Waals surface area contributed by atoms with E-state index < -0.39 is 10.0 Å². The number of rotatable bonds is 6. The van der Waals surface area contributed by atoms with E-state index in [-0.39, 0.29) is 29.0 Å². The van der Waals surface area contributed by atoms with Crippen molar-refractivity contribution in [1.29, 1.82) is 0 Å². The summed E-state index contributed by atoms with van der Waals surface area (Å²) in [7, 11) is -3.84. The maximum atomic E-state index is 13.4. The summed E-state index contributed by atoms with van der Waals surface area (Å²) < 4.78 is 34.8. The number of piperidine rings is 1. The predicted molar refractivity (Wildman–Crippen MR) is 140 cm³/mol. The third-order valence-corrected chi connectivity index (χ3v) is 7.80. The van der Waals surface area contributed by atoms with Gasteiger partial charge >= 0.3 is 6.09 Å². The summed E-state index contributed by atoms with van der Waals surface area (Å²) in [5, 5.41) is 4.08. The Morgan fingerprint density at radius 2 is 1.58 bits per heavy atom. The molecule has 0 spiro atoms. The second-order valence-corrected chi connectivity index (χ2v) is 10.9. The van der Waals surface area contributed by atoms with E-state index in [2.05, 4.69) is 10.0 Å². The summed E-state index contributed by atoms with van der Waals surface area (Å²) in [4.78, 5) is 26.7. The molecule has 9 heteroatoms. The van der Waals surface area contributed by atoms with Gasteiger partial charge in [-0.05, 0) is 57.4 Å². The molecule has 3 aromatic carbocycles. The minimum atomic E-state index is -3.84. The van der Waals surface area contributed by atoms with Crippen LogP contribution in [0.3, 0.4) is 0 Å². The van der Waals surface area contributed by atoms with E-state index in [0.717, 1.165) is 5.56 Å². The molecule has 0 atom stereocenters. The van der Waals surface area contributed by atoms with Crippen molar-refractivity contribution in [3.63, 3.8) is 0 Å². The van der Waals surface area contributed by atoms with Gasteiger partial charge in [-0.25, -0.2) is 17.9 Å². The molecule has 2 N–H and O–H groups in total. The van der Waals surface area contributed by atoms with Gasteiger partial charge in [0.05, 0.1) is 11.0 Å². The van der Waals surface area contributed by atoms with Gasteiger partial charge in [-0.3, -0.25) is 4.79 Å². The SMILES string of the molecule is Cc1ccccc1C(=O)Nc1ccc(S(=O)(=O)NC2CCN(C(=O)OC(C)C)CC2)c2ccccc12. The van der Waals surface area contributed by atoms with Gasteiger partial charge in [0.25, 0.3) is 5.91 Å². The minimum Gasteiger partial charge on any atom is -0.447 e. The van der Waals surface area contributed by atoms with Crippen LogP contribution in [0.25, 0.3) is 10.8 Å². The zero-order chi connectivity index (χ0) is 25.9. The molecule has 1 saturated heterocycles. The summed E-state index contributed by atoms with van der Waals surface area (Å²) in [6.45, 7) is 6.30. The van der Waals surface area contributed by atoms with Crippen LogP contribution in [0.5, 0.6) is 0 Å². The van der Waals surface area contributed by atoms with Crippen LogP contribution in [-0.2, 0) is 14.8 Å². The molecule has 8 nitrogen and oxygen atoms in total. The molecule has 4 rings (SSSR count). The van der Waals surface area contributed by atoms with E-state index in [4.69, 9.17) is 4.74 Å². The normalized spacial score (nSPS) is 14.7. The van der Waals surface area contributed by atoms with Crippen LogP contribution in [0, 0.1) is 6.92 Å². The van der Waals surface area contributed by atoms with Gasteiger partial charge in [-0.2, -0.15) is 0 Å². The number of benzene rings is 3. The molecule has 0 unspecified atom stereocenters. The molecule has 1 aliphatic heterocycles. The van der Waals surface area contributed by atoms with Crippen molar-refractivity contribution in [3.05, 3.63) is 71.8 Å². The number of fused-ring (bicyclic) bond motifs is 1. The Bertz CT molecular complexity index is 1380. The van der Waals surface area contributed by atoms with Crippen LogP contribution in [-0.4, -0.2) is 50.6 Å². The molecular formula is C27H31N3O5S. The third-order valence-electron chi connectivity index (χ3n) is 6.22. The van der Waals surface area contributed by atoms with Crippen LogP contribution >= 0.6 is 0 Å². The Labute approximate surface area is 211 Å². The molecule has 190 valence electrons. The van der Waals surface area contributed by atoms with Crippen molar-refractivity contribution in [2.24, 2.45) is 0 Å². The van der Waals surface area contributed by atoms with Crippen LogP contribution in [0.4, 0.5) is 10.5 Å². The highest BCUT2D eigenvalue weighted by Crippen LogP contribution is 2.30. The summed E-state index contributed by atoms with van der Waals surface area (Å²) in [6.07, 6.45) is 0.413. The minimum absolute atomic E-state index is 0.147. The highest BCUT2D eigenvalue weighted by atomic mass is 32.2. The van der Waals surface area contributed by atoms with Crippen molar-refractivity contribution in [3.8, 4) is 0 Å². The molecule has 1 fully saturated rings. The molecule has 1 heterocycles. The Kier molecular flexibility index (Phi) is 7.61. The number of anilines is 1. The molecular weight excluding hydrogens is 478 g/mol. The maximum absolute atomic E-state index is 13.4. The molecule has 0 saturated carbocycles. The Hall–Kier alpha value is -3.43. The monoisotopic (exact) mass is 509 g/mol. The molecule has 0 bridgehead atoms. The average Bonchev–Trinajstić information content (AvgIpc) is 2.84. The van der Waals surface area contributed by atoms with Crippen molar-refractivity contribution >= 4 is 38.5 Å². The molecule has 0 aromatic heterocycles. The fourth-order valence-electron chi connectivity index (χ4n) is 4.37. The topological polar surface area (TPSA) is 105 Å². The van der Waals surface area contributed by atoms with Gasteiger partial charge in [-0.1, -0.05) is 42.5 Å². The first kappa shape index (κ1) is 25.7. The fraction of sp³-hybridized carbons (Fsp3) is 0.333. The Morgan fingerprint density at radius 3 is 2.25 bits per heavy atom. The lowest BCUT2D eigenvalue weighted by molar-refractivity contribution is 0.0688. The molecule has 0 aliphatic carbocycles. The third kappa shape index (κ3) is 5.68. The summed E-state index contributed by atoms with van der Waals surface area (Å²) in [5.41, 5.74) is 1.95. The van der Waals surface area contributed by atoms with E-state index in [9.17, 15) is 18.0 Å². The van der Waals surface area contributed by atoms with Crippen LogP contribution in [0.2, 0.25) is 0 Å². The van der Waals surface area contributed by atoms with Gasteiger partial charge in [-0.15, -0.1) is 0 Å². The molecule has 1 aliphatic rings. The van der Waals surface area contributed by atoms with Crippen LogP contribution < -0.4 is 10.0 Å². The van der Waals surface area contributed by atoms with E-state index in [1.54, 1.807) is 55.1 Å². The second kappa shape index (κ2) is 10.7. The number of sulfonamides is 1. The maximum Gasteiger partial charge on any atom is 0.410 e. The number of hydrogen-bond acceptors (Lipinski definition) is 5. The number of nitrogens with zero attached hydrogens (tertiary/aromatic N) is 1. The highest BCUT2D eigenvalue weighted by molar-refractivity contribution is 7.89. The summed E-state index contributed by atoms with van der Waals surface area (Å²) in [5.74, 6) is -0.255. The van der Waals surface area contributed by atoms with Crippen LogP contribution in [0.1, 0.15) is 42.6 Å². The first-order valence-electron chi connectivity index (χ1n) is 12.0. The second-order valence-electron chi connectivity index (χ2n) is 9.24. The molecule has 36 heavy (non-hydrogen) atoms. The summed E-state index contributed by atoms with van der Waals surface area (Å²) in [6, 6.07) is 17.2. The lowest BCUT2D eigenvalue weighted by Gasteiger charge is -2.32. The van der Waals surface area contributed by atoms with E-state index >= 15 is 0 Å². The van der Waals surface area contributed by atoms with Crippen molar-refractivity contribution in [1.82, 2.24) is 9.62 Å². The summed E-state index contributed by atoms with van der Waals surface area (Å²) >= 11 is 0. The van der Waals surface area contributed by atoms with E-state index in [1.807, 2.05) is 25.1 Å². The highest BCUT2D eigenvalue weighted by Gasteiger charge is 2.28. The molecule has 3 aromatic rings. The average molecular weight is 510 g/mol. The largest absolute Gasteiger partial charge is 0.447 e. The van der Waals surface area contributed by atoms with Crippen LogP contribution in [0.15, 0.2) is 65.6 Å². The predicted octanol–water partition coefficient (Wildman–Crippen LogP) is 4.69. The molecule has 0 radical (unpaired) electrons. The Balaban J connectivity index is 1.52. The lowest BCUT2D eigenvalue weighted by Crippen LogP contribution is -2.47. The Morgan fingerprint density at radius 1 is 0.944 bits per heavy atom. The first-order valence-corrected chi connectivity index (χ1v) is 13.5. The number of carbonyl (C=O) groups is 2. The number of carbonyl (C=O) groups excluding carboxylic acids is 2. The number of hydrogen-bond donors (Lipinski definition) is 2. The van der Waals surface area contributed by atoms with E-state index in [0.29, 0.717) is 48.0 Å². The smallest absolute Gasteiger partial charge is 0.410 e. The molecule has 2 amide bonds. The standard InChI is InChI=1S/C27H31N3O5S/c1-18(2)35-27(32)30-16-14-20(15-17-30)29-36(33,34)25-13-12-24(22-10-6-7-11-23(22)25)28-26(31)21-9-5-4-8-19(21)3/h4-13,18,20,29H,14-17H2,1-3H3,(H,28,31). The van der Waals surface area contributed by atoms with Crippen molar-refractivity contribution < 1.29 is 22.7 Å².